The number of benzene rings is 1. The van der Waals surface area contributed by atoms with Crippen molar-refractivity contribution >= 4 is 17.6 Å². The summed E-state index contributed by atoms with van der Waals surface area (Å²) in [5.74, 6) is -1.64. The average Bonchev–Trinajstić information content (AvgIpc) is 2.37. The van der Waals surface area contributed by atoms with Crippen LogP contribution >= 0.6 is 0 Å². The smallest absolute Gasteiger partial charge is 0.323 e. The van der Waals surface area contributed by atoms with Crippen LogP contribution in [0.1, 0.15) is 17.3 Å². The molecule has 0 saturated heterocycles. The lowest BCUT2D eigenvalue weighted by Crippen LogP contribution is -2.32. The van der Waals surface area contributed by atoms with Crippen LogP contribution in [-0.4, -0.2) is 47.0 Å². The van der Waals surface area contributed by atoms with Crippen LogP contribution in [0.15, 0.2) is 18.2 Å². The standard InChI is InChI=1S/C12H14N2O6/c1-3-20-8-4-5-10(14(18)19)9(6-8)12(17)13(2)7-11(15)16/h4-6H,3,7H2,1-2H3,(H,15,16). The number of rotatable bonds is 6. The third-order valence-electron chi connectivity index (χ3n) is 2.43. The fourth-order valence-electron chi connectivity index (χ4n) is 1.58. The fourth-order valence-corrected chi connectivity index (χ4v) is 1.58. The number of carbonyl (C=O) groups excluding carboxylic acids is 1. The number of hydrogen-bond donors (Lipinski definition) is 1. The molecule has 0 heterocycles. The number of aliphatic carboxylic acids is 1. The monoisotopic (exact) mass is 282 g/mol. The lowest BCUT2D eigenvalue weighted by Gasteiger charge is -2.15. The highest BCUT2D eigenvalue weighted by Crippen LogP contribution is 2.25. The molecule has 0 aliphatic heterocycles. The maximum Gasteiger partial charge on any atom is 0.323 e. The van der Waals surface area contributed by atoms with Crippen LogP contribution in [0.5, 0.6) is 5.75 Å². The Bertz CT molecular complexity index is 543. The molecule has 0 spiro atoms. The molecule has 0 radical (unpaired) electrons. The normalized spacial score (nSPS) is 9.90. The number of nitrogens with zero attached hydrogens (tertiary/aromatic N) is 2. The van der Waals surface area contributed by atoms with Gasteiger partial charge in [0.25, 0.3) is 11.6 Å². The van der Waals surface area contributed by atoms with Gasteiger partial charge in [0.05, 0.1) is 11.5 Å². The number of carboxylic acid groups (broad SMARTS) is 1. The maximum absolute atomic E-state index is 12.1. The van der Waals surface area contributed by atoms with E-state index in [4.69, 9.17) is 9.84 Å². The molecule has 0 atom stereocenters. The molecule has 1 aromatic carbocycles. The third-order valence-corrected chi connectivity index (χ3v) is 2.43. The Kier molecular flexibility index (Phi) is 5.01. The second-order valence-corrected chi connectivity index (χ2v) is 3.92. The van der Waals surface area contributed by atoms with E-state index >= 15 is 0 Å². The summed E-state index contributed by atoms with van der Waals surface area (Å²) in [7, 11) is 1.26. The Hall–Kier alpha value is -2.64. The summed E-state index contributed by atoms with van der Waals surface area (Å²) in [5.41, 5.74) is -0.597. The zero-order chi connectivity index (χ0) is 15.3. The van der Waals surface area contributed by atoms with Crippen molar-refractivity contribution in [3.63, 3.8) is 0 Å². The zero-order valence-electron chi connectivity index (χ0n) is 11.0. The van der Waals surface area contributed by atoms with E-state index in [0.29, 0.717) is 12.4 Å². The number of carboxylic acids is 1. The number of amides is 1. The molecule has 1 amide bonds. The van der Waals surface area contributed by atoms with Gasteiger partial charge in [-0.05, 0) is 19.1 Å². The molecule has 0 aliphatic carbocycles. The van der Waals surface area contributed by atoms with Crippen molar-refractivity contribution in [3.05, 3.63) is 33.9 Å². The van der Waals surface area contributed by atoms with Gasteiger partial charge in [0, 0.05) is 13.1 Å². The second-order valence-electron chi connectivity index (χ2n) is 3.92. The topological polar surface area (TPSA) is 110 Å². The van der Waals surface area contributed by atoms with Gasteiger partial charge in [-0.1, -0.05) is 0 Å². The molecular weight excluding hydrogens is 268 g/mol. The highest BCUT2D eigenvalue weighted by Gasteiger charge is 2.24. The van der Waals surface area contributed by atoms with Crippen molar-refractivity contribution in [1.29, 1.82) is 0 Å². The third kappa shape index (κ3) is 3.67. The highest BCUT2D eigenvalue weighted by molar-refractivity contribution is 5.99. The molecule has 0 bridgehead atoms. The van der Waals surface area contributed by atoms with Crippen molar-refractivity contribution in [3.8, 4) is 5.75 Å². The minimum Gasteiger partial charge on any atom is -0.494 e. The van der Waals surface area contributed by atoms with Crippen molar-refractivity contribution in [2.24, 2.45) is 0 Å². The van der Waals surface area contributed by atoms with E-state index in [2.05, 4.69) is 0 Å². The van der Waals surface area contributed by atoms with E-state index in [0.717, 1.165) is 11.0 Å². The molecule has 1 rings (SSSR count). The molecule has 0 aromatic heterocycles. The van der Waals surface area contributed by atoms with Gasteiger partial charge in [0.2, 0.25) is 0 Å². The van der Waals surface area contributed by atoms with Gasteiger partial charge in [-0.3, -0.25) is 19.7 Å². The molecule has 20 heavy (non-hydrogen) atoms. The van der Waals surface area contributed by atoms with Gasteiger partial charge < -0.3 is 14.7 Å². The first kappa shape index (κ1) is 15.4. The van der Waals surface area contributed by atoms with E-state index in [1.54, 1.807) is 6.92 Å². The molecule has 8 heteroatoms. The summed E-state index contributed by atoms with van der Waals surface area (Å²) < 4.78 is 5.18. The van der Waals surface area contributed by atoms with E-state index in [1.165, 1.54) is 19.2 Å². The molecule has 1 aromatic rings. The lowest BCUT2D eigenvalue weighted by molar-refractivity contribution is -0.385. The first-order valence-corrected chi connectivity index (χ1v) is 5.75. The number of ether oxygens (including phenoxy) is 1. The van der Waals surface area contributed by atoms with E-state index in [1.807, 2.05) is 0 Å². The molecule has 108 valence electrons. The van der Waals surface area contributed by atoms with Gasteiger partial charge in [0.15, 0.2) is 0 Å². The van der Waals surface area contributed by atoms with E-state index < -0.39 is 29.0 Å². The predicted molar refractivity (Wildman–Crippen MR) is 68.9 cm³/mol. The van der Waals surface area contributed by atoms with Gasteiger partial charge in [-0.2, -0.15) is 0 Å². The number of carbonyl (C=O) groups is 2. The Morgan fingerprint density at radius 2 is 2.10 bits per heavy atom. The Labute approximate surface area is 114 Å². The molecule has 8 nitrogen and oxygen atoms in total. The average molecular weight is 282 g/mol. The second kappa shape index (κ2) is 6.50. The quantitative estimate of drug-likeness (QED) is 0.619. The van der Waals surface area contributed by atoms with Gasteiger partial charge in [-0.15, -0.1) is 0 Å². The van der Waals surface area contributed by atoms with Crippen LogP contribution in [0.4, 0.5) is 5.69 Å². The summed E-state index contributed by atoms with van der Waals surface area (Å²) >= 11 is 0. The first-order chi connectivity index (χ1) is 9.36. The molecular formula is C12H14N2O6. The Morgan fingerprint density at radius 1 is 1.45 bits per heavy atom. The molecule has 0 saturated carbocycles. The Morgan fingerprint density at radius 3 is 2.60 bits per heavy atom. The van der Waals surface area contributed by atoms with Crippen LogP contribution < -0.4 is 4.74 Å². The van der Waals surface area contributed by atoms with Gasteiger partial charge in [-0.25, -0.2) is 0 Å². The van der Waals surface area contributed by atoms with Crippen LogP contribution in [0, 0.1) is 10.1 Å². The van der Waals surface area contributed by atoms with Crippen LogP contribution in [0.3, 0.4) is 0 Å². The predicted octanol–water partition coefficient (Wildman–Crippen LogP) is 1.15. The number of hydrogen-bond acceptors (Lipinski definition) is 5. The highest BCUT2D eigenvalue weighted by atomic mass is 16.6. The van der Waals surface area contributed by atoms with Crippen LogP contribution in [0.25, 0.3) is 0 Å². The number of nitro groups is 1. The van der Waals surface area contributed by atoms with Crippen LogP contribution in [-0.2, 0) is 4.79 Å². The SMILES string of the molecule is CCOc1ccc([N+](=O)[O-])c(C(=O)N(C)CC(=O)O)c1. The largest absolute Gasteiger partial charge is 0.494 e. The zero-order valence-corrected chi connectivity index (χ0v) is 11.0. The number of likely N-dealkylation sites (N-methyl/N-ethyl adjacent to an activating group) is 1. The Balaban J connectivity index is 3.17. The van der Waals surface area contributed by atoms with Crippen LogP contribution in [0.2, 0.25) is 0 Å². The van der Waals surface area contributed by atoms with Gasteiger partial charge >= 0.3 is 5.97 Å². The number of nitro benzene ring substituents is 1. The van der Waals surface area contributed by atoms with Crippen molar-refractivity contribution in [1.82, 2.24) is 4.90 Å². The molecule has 1 N–H and O–H groups in total. The van der Waals surface area contributed by atoms with Gasteiger partial charge in [0.1, 0.15) is 17.9 Å². The summed E-state index contributed by atoms with van der Waals surface area (Å²) in [6.07, 6.45) is 0. The van der Waals surface area contributed by atoms with Crippen molar-refractivity contribution < 1.29 is 24.4 Å². The molecule has 0 aliphatic rings. The molecule has 0 unspecified atom stereocenters. The first-order valence-electron chi connectivity index (χ1n) is 5.75. The fraction of sp³-hybridized carbons (Fsp3) is 0.333. The minimum atomic E-state index is -1.20. The summed E-state index contributed by atoms with van der Waals surface area (Å²) in [4.78, 5) is 33.8. The lowest BCUT2D eigenvalue weighted by atomic mass is 10.1. The van der Waals surface area contributed by atoms with E-state index in [-0.39, 0.29) is 5.56 Å². The van der Waals surface area contributed by atoms with Crippen molar-refractivity contribution in [2.45, 2.75) is 6.92 Å². The van der Waals surface area contributed by atoms with Crippen molar-refractivity contribution in [2.75, 3.05) is 20.2 Å². The molecule has 0 fully saturated rings. The maximum atomic E-state index is 12.1. The van der Waals surface area contributed by atoms with E-state index in [9.17, 15) is 19.7 Å². The summed E-state index contributed by atoms with van der Waals surface area (Å²) in [5, 5.41) is 19.6. The summed E-state index contributed by atoms with van der Waals surface area (Å²) in [6.45, 7) is 1.53. The minimum absolute atomic E-state index is 0.204. The summed E-state index contributed by atoms with van der Waals surface area (Å²) in [6, 6.07) is 3.78.